The average Bonchev–Trinajstić information content (AvgIpc) is 2.44. The van der Waals surface area contributed by atoms with E-state index in [0.717, 1.165) is 16.7 Å². The zero-order valence-corrected chi connectivity index (χ0v) is 11.8. The van der Waals surface area contributed by atoms with Gasteiger partial charge in [0.2, 0.25) is 5.91 Å². The second kappa shape index (κ2) is 6.33. The van der Waals surface area contributed by atoms with Crippen molar-refractivity contribution in [3.8, 4) is 0 Å². The van der Waals surface area contributed by atoms with Gasteiger partial charge in [-0.2, -0.15) is 0 Å². The summed E-state index contributed by atoms with van der Waals surface area (Å²) in [4.78, 5) is 13.9. The molecule has 20 heavy (non-hydrogen) atoms. The second-order valence-electron chi connectivity index (χ2n) is 4.98. The molecule has 1 amide bonds. The number of halogens is 1. The maximum atomic E-state index is 12.8. The Hall–Kier alpha value is -2.16. The fourth-order valence-electron chi connectivity index (χ4n) is 2.06. The van der Waals surface area contributed by atoms with Crippen LogP contribution in [0.4, 0.5) is 4.39 Å². The van der Waals surface area contributed by atoms with E-state index in [2.05, 4.69) is 0 Å². The van der Waals surface area contributed by atoms with Gasteiger partial charge >= 0.3 is 0 Å². The first-order valence-corrected chi connectivity index (χ1v) is 6.59. The Morgan fingerprint density at radius 1 is 1.10 bits per heavy atom. The minimum absolute atomic E-state index is 0.0589. The fraction of sp³-hybridized carbons (Fsp3) is 0.235. The number of carbonyl (C=O) groups is 1. The number of likely N-dealkylation sites (N-methyl/N-ethyl adjacent to an activating group) is 1. The van der Waals surface area contributed by atoms with Gasteiger partial charge in [0.1, 0.15) is 5.82 Å². The minimum atomic E-state index is -0.261. The standard InChI is InChI=1S/C17H18FNO/c1-13-5-3-4-6-15(13)11-17(20)19(2)12-14-7-9-16(18)10-8-14/h3-10H,11-12H2,1-2H3. The number of benzene rings is 2. The molecule has 3 heteroatoms. The molecule has 2 nitrogen and oxygen atoms in total. The third-order valence-electron chi connectivity index (χ3n) is 3.36. The second-order valence-corrected chi connectivity index (χ2v) is 4.98. The molecule has 2 rings (SSSR count). The van der Waals surface area contributed by atoms with Crippen LogP contribution in [0, 0.1) is 12.7 Å². The first-order valence-electron chi connectivity index (χ1n) is 6.59. The lowest BCUT2D eigenvalue weighted by Gasteiger charge is -2.18. The summed E-state index contributed by atoms with van der Waals surface area (Å²) < 4.78 is 12.8. The summed E-state index contributed by atoms with van der Waals surface area (Å²) in [5.41, 5.74) is 3.09. The van der Waals surface area contributed by atoms with Crippen LogP contribution in [0.5, 0.6) is 0 Å². The van der Waals surface area contributed by atoms with Crippen molar-refractivity contribution >= 4 is 5.91 Å². The molecule has 2 aromatic carbocycles. The molecule has 0 aliphatic carbocycles. The van der Waals surface area contributed by atoms with Crippen LogP contribution in [0.1, 0.15) is 16.7 Å². The Bertz CT molecular complexity index is 592. The lowest BCUT2D eigenvalue weighted by Crippen LogP contribution is -2.27. The van der Waals surface area contributed by atoms with Crippen LogP contribution in [0.25, 0.3) is 0 Å². The van der Waals surface area contributed by atoms with Crippen molar-refractivity contribution in [1.82, 2.24) is 4.90 Å². The smallest absolute Gasteiger partial charge is 0.227 e. The van der Waals surface area contributed by atoms with Crippen LogP contribution in [0.15, 0.2) is 48.5 Å². The molecule has 0 fully saturated rings. The molecule has 0 aliphatic rings. The summed E-state index contributed by atoms with van der Waals surface area (Å²) in [6.07, 6.45) is 0.393. The summed E-state index contributed by atoms with van der Waals surface area (Å²) in [5, 5.41) is 0. The summed E-state index contributed by atoms with van der Waals surface area (Å²) in [5.74, 6) is -0.203. The van der Waals surface area contributed by atoms with E-state index in [1.54, 1.807) is 24.1 Å². The van der Waals surface area contributed by atoms with E-state index in [1.165, 1.54) is 12.1 Å². The molecule has 0 saturated carbocycles. The van der Waals surface area contributed by atoms with E-state index in [9.17, 15) is 9.18 Å². The molecule has 0 spiro atoms. The molecule has 2 aromatic rings. The van der Waals surface area contributed by atoms with Crippen LogP contribution in [0.3, 0.4) is 0 Å². The van der Waals surface area contributed by atoms with Crippen molar-refractivity contribution in [3.05, 3.63) is 71.0 Å². The van der Waals surface area contributed by atoms with Crippen LogP contribution < -0.4 is 0 Å². The van der Waals surface area contributed by atoms with Gasteiger partial charge in [0.05, 0.1) is 6.42 Å². The van der Waals surface area contributed by atoms with E-state index in [0.29, 0.717) is 13.0 Å². The topological polar surface area (TPSA) is 20.3 Å². The third kappa shape index (κ3) is 3.67. The molecule has 0 heterocycles. The predicted molar refractivity (Wildman–Crippen MR) is 77.8 cm³/mol. The summed E-state index contributed by atoms with van der Waals surface area (Å²) in [6.45, 7) is 2.49. The van der Waals surface area contributed by atoms with Crippen LogP contribution >= 0.6 is 0 Å². The molecule has 0 saturated heterocycles. The maximum absolute atomic E-state index is 12.8. The zero-order chi connectivity index (χ0) is 14.5. The van der Waals surface area contributed by atoms with Crippen molar-refractivity contribution in [1.29, 1.82) is 0 Å². The van der Waals surface area contributed by atoms with Crippen LogP contribution in [-0.4, -0.2) is 17.9 Å². The molecule has 0 aromatic heterocycles. The third-order valence-corrected chi connectivity index (χ3v) is 3.36. The van der Waals surface area contributed by atoms with Crippen molar-refractivity contribution in [2.75, 3.05) is 7.05 Å². The van der Waals surface area contributed by atoms with E-state index < -0.39 is 0 Å². The molecule has 104 valence electrons. The molecule has 0 N–H and O–H groups in total. The maximum Gasteiger partial charge on any atom is 0.227 e. The Morgan fingerprint density at radius 3 is 2.40 bits per heavy atom. The van der Waals surface area contributed by atoms with Gasteiger partial charge in [-0.05, 0) is 35.7 Å². The summed E-state index contributed by atoms with van der Waals surface area (Å²) in [6, 6.07) is 14.1. The first-order chi connectivity index (χ1) is 9.56. The number of amides is 1. The highest BCUT2D eigenvalue weighted by Gasteiger charge is 2.11. The molecular formula is C17H18FNO. The molecule has 0 atom stereocenters. The van der Waals surface area contributed by atoms with Gasteiger partial charge in [0.15, 0.2) is 0 Å². The van der Waals surface area contributed by atoms with Crippen molar-refractivity contribution in [2.45, 2.75) is 19.9 Å². The highest BCUT2D eigenvalue weighted by Crippen LogP contribution is 2.11. The highest BCUT2D eigenvalue weighted by molar-refractivity contribution is 5.78. The monoisotopic (exact) mass is 271 g/mol. The van der Waals surface area contributed by atoms with Crippen LogP contribution in [-0.2, 0) is 17.8 Å². The Balaban J connectivity index is 1.99. The summed E-state index contributed by atoms with van der Waals surface area (Å²) >= 11 is 0. The van der Waals surface area contributed by atoms with Gasteiger partial charge in [0, 0.05) is 13.6 Å². The lowest BCUT2D eigenvalue weighted by atomic mass is 10.1. The van der Waals surface area contributed by atoms with E-state index >= 15 is 0 Å². The zero-order valence-electron chi connectivity index (χ0n) is 11.8. The fourth-order valence-corrected chi connectivity index (χ4v) is 2.06. The SMILES string of the molecule is Cc1ccccc1CC(=O)N(C)Cc1ccc(F)cc1. The lowest BCUT2D eigenvalue weighted by molar-refractivity contribution is -0.129. The summed E-state index contributed by atoms with van der Waals surface area (Å²) in [7, 11) is 1.77. The number of hydrogen-bond donors (Lipinski definition) is 0. The number of nitrogens with zero attached hydrogens (tertiary/aromatic N) is 1. The quantitative estimate of drug-likeness (QED) is 0.835. The highest BCUT2D eigenvalue weighted by atomic mass is 19.1. The van der Waals surface area contributed by atoms with Gasteiger partial charge in [-0.25, -0.2) is 4.39 Å². The van der Waals surface area contributed by atoms with Crippen molar-refractivity contribution in [2.24, 2.45) is 0 Å². The molecule has 0 unspecified atom stereocenters. The molecule has 0 aliphatic heterocycles. The van der Waals surface area contributed by atoms with Gasteiger partial charge in [-0.3, -0.25) is 4.79 Å². The largest absolute Gasteiger partial charge is 0.341 e. The number of hydrogen-bond acceptors (Lipinski definition) is 1. The van der Waals surface area contributed by atoms with Crippen molar-refractivity contribution in [3.63, 3.8) is 0 Å². The minimum Gasteiger partial charge on any atom is -0.341 e. The van der Waals surface area contributed by atoms with E-state index in [1.807, 2.05) is 31.2 Å². The number of aryl methyl sites for hydroxylation is 1. The van der Waals surface area contributed by atoms with Gasteiger partial charge < -0.3 is 4.90 Å². The Morgan fingerprint density at radius 2 is 1.75 bits per heavy atom. The average molecular weight is 271 g/mol. The number of rotatable bonds is 4. The molecule has 0 radical (unpaired) electrons. The Kier molecular flexibility index (Phi) is 4.51. The van der Waals surface area contributed by atoms with E-state index in [4.69, 9.17) is 0 Å². The molecule has 0 bridgehead atoms. The Labute approximate surface area is 118 Å². The molecular weight excluding hydrogens is 253 g/mol. The number of carbonyl (C=O) groups excluding carboxylic acids is 1. The van der Waals surface area contributed by atoms with Crippen LogP contribution in [0.2, 0.25) is 0 Å². The van der Waals surface area contributed by atoms with E-state index in [-0.39, 0.29) is 11.7 Å². The van der Waals surface area contributed by atoms with Crippen molar-refractivity contribution < 1.29 is 9.18 Å². The normalized spacial score (nSPS) is 10.3. The predicted octanol–water partition coefficient (Wildman–Crippen LogP) is 3.34. The van der Waals surface area contributed by atoms with Gasteiger partial charge in [0.25, 0.3) is 0 Å². The van der Waals surface area contributed by atoms with Gasteiger partial charge in [-0.15, -0.1) is 0 Å². The first kappa shape index (κ1) is 14.3. The van der Waals surface area contributed by atoms with Gasteiger partial charge in [-0.1, -0.05) is 36.4 Å².